The lowest BCUT2D eigenvalue weighted by molar-refractivity contribution is -0.386. The Hall–Kier alpha value is -2.16. The summed E-state index contributed by atoms with van der Waals surface area (Å²) in [5.41, 5.74) is 0.339. The fourth-order valence-electron chi connectivity index (χ4n) is 1.78. The van der Waals surface area contributed by atoms with E-state index in [0.717, 1.165) is 6.92 Å². The quantitative estimate of drug-likeness (QED) is 0.520. The molecule has 9 heteroatoms. The number of halogens is 3. The van der Waals surface area contributed by atoms with Crippen molar-refractivity contribution in [1.82, 2.24) is 0 Å². The number of hydrogen-bond donors (Lipinski definition) is 1. The number of carbonyl (C=O) groups excluding carboxylic acids is 1. The third-order valence-electron chi connectivity index (χ3n) is 2.90. The molecule has 128 valence electrons. The minimum Gasteiger partial charge on any atom is -0.458 e. The normalized spacial score (nSPS) is 15.0. The number of rotatable bonds is 3. The van der Waals surface area contributed by atoms with E-state index in [-0.39, 0.29) is 0 Å². The third-order valence-corrected chi connectivity index (χ3v) is 2.90. The molecule has 0 fully saturated rings. The van der Waals surface area contributed by atoms with Gasteiger partial charge in [0, 0.05) is 6.07 Å². The molecular weight excluding hydrogens is 317 g/mol. The van der Waals surface area contributed by atoms with E-state index in [0.29, 0.717) is 18.2 Å². The topological polar surface area (TPSA) is 95.5 Å². The van der Waals surface area contributed by atoms with Gasteiger partial charge in [-0.2, -0.15) is 13.2 Å². The van der Waals surface area contributed by atoms with Gasteiger partial charge in [0.05, 0.1) is 16.1 Å². The molecule has 1 atom stereocenters. The van der Waals surface area contributed by atoms with Crippen LogP contribution in [0.3, 0.4) is 0 Å². The molecular formula is C14H17F3N2O4. The number of hydrogen-bond acceptors (Lipinski definition) is 5. The standard InChI is InChI=1S/C14H17F3N2O4/c1-12(2,3)23-11(20)13(4,18)9-7-8(14(15,16)17)5-6-10(9)19(21)22/h5-7H,18H2,1-4H3/t13-/m0/s1. The summed E-state index contributed by atoms with van der Waals surface area (Å²) >= 11 is 0. The lowest BCUT2D eigenvalue weighted by atomic mass is 9.90. The van der Waals surface area contributed by atoms with E-state index in [1.165, 1.54) is 0 Å². The molecule has 0 saturated heterocycles. The molecule has 6 nitrogen and oxygen atoms in total. The van der Waals surface area contributed by atoms with Gasteiger partial charge in [0.15, 0.2) is 0 Å². The summed E-state index contributed by atoms with van der Waals surface area (Å²) in [5, 5.41) is 11.1. The van der Waals surface area contributed by atoms with E-state index in [1.54, 1.807) is 20.8 Å². The van der Waals surface area contributed by atoms with Gasteiger partial charge in [-0.1, -0.05) is 0 Å². The first-order chi connectivity index (χ1) is 10.2. The van der Waals surface area contributed by atoms with E-state index >= 15 is 0 Å². The fourth-order valence-corrected chi connectivity index (χ4v) is 1.78. The molecule has 0 aliphatic rings. The molecule has 1 aromatic rings. The van der Waals surface area contributed by atoms with Crippen LogP contribution in [0.5, 0.6) is 0 Å². The molecule has 0 amide bonds. The van der Waals surface area contributed by atoms with Gasteiger partial charge in [0.1, 0.15) is 11.1 Å². The second-order valence-corrected chi connectivity index (χ2v) is 6.19. The molecule has 0 spiro atoms. The summed E-state index contributed by atoms with van der Waals surface area (Å²) in [4.78, 5) is 22.3. The Balaban J connectivity index is 3.48. The first-order valence-corrected chi connectivity index (χ1v) is 6.54. The minimum absolute atomic E-state index is 0.502. The molecule has 0 aliphatic heterocycles. The Morgan fingerprint density at radius 2 is 1.74 bits per heavy atom. The molecule has 23 heavy (non-hydrogen) atoms. The fraction of sp³-hybridized carbons (Fsp3) is 0.500. The van der Waals surface area contributed by atoms with Crippen LogP contribution in [0.4, 0.5) is 18.9 Å². The van der Waals surface area contributed by atoms with Crippen molar-refractivity contribution in [3.05, 3.63) is 39.4 Å². The van der Waals surface area contributed by atoms with Crippen molar-refractivity contribution in [3.63, 3.8) is 0 Å². The maximum absolute atomic E-state index is 12.8. The highest BCUT2D eigenvalue weighted by Gasteiger charge is 2.42. The Kier molecular flexibility index (Phi) is 4.76. The van der Waals surface area contributed by atoms with E-state index in [9.17, 15) is 28.1 Å². The Morgan fingerprint density at radius 1 is 1.22 bits per heavy atom. The highest BCUT2D eigenvalue weighted by Crippen LogP contribution is 2.36. The highest BCUT2D eigenvalue weighted by atomic mass is 19.4. The minimum atomic E-state index is -4.73. The second-order valence-electron chi connectivity index (χ2n) is 6.19. The number of nitrogens with two attached hydrogens (primary N) is 1. The van der Waals surface area contributed by atoms with Crippen LogP contribution >= 0.6 is 0 Å². The summed E-state index contributed by atoms with van der Waals surface area (Å²) in [5.74, 6) is -1.06. The van der Waals surface area contributed by atoms with Gasteiger partial charge in [-0.15, -0.1) is 0 Å². The van der Waals surface area contributed by atoms with Crippen LogP contribution in [0.1, 0.15) is 38.8 Å². The number of esters is 1. The molecule has 0 heterocycles. The largest absolute Gasteiger partial charge is 0.458 e. The van der Waals surface area contributed by atoms with E-state index in [1.807, 2.05) is 0 Å². The Morgan fingerprint density at radius 3 is 2.13 bits per heavy atom. The molecule has 0 aliphatic carbocycles. The number of nitro benzene ring substituents is 1. The first-order valence-electron chi connectivity index (χ1n) is 6.54. The average molecular weight is 334 g/mol. The molecule has 0 unspecified atom stereocenters. The third kappa shape index (κ3) is 4.41. The summed E-state index contributed by atoms with van der Waals surface area (Å²) in [6.45, 7) is 5.70. The van der Waals surface area contributed by atoms with E-state index in [2.05, 4.69) is 0 Å². The van der Waals surface area contributed by atoms with Crippen LogP contribution in [-0.4, -0.2) is 16.5 Å². The van der Waals surface area contributed by atoms with Gasteiger partial charge in [-0.25, -0.2) is 4.79 Å². The number of carbonyl (C=O) groups is 1. The van der Waals surface area contributed by atoms with Crippen molar-refractivity contribution in [2.75, 3.05) is 0 Å². The summed E-state index contributed by atoms with van der Waals surface area (Å²) in [7, 11) is 0. The van der Waals surface area contributed by atoms with Crippen molar-refractivity contribution < 1.29 is 27.6 Å². The van der Waals surface area contributed by atoms with Crippen LogP contribution in [0.2, 0.25) is 0 Å². The highest BCUT2D eigenvalue weighted by molar-refractivity contribution is 5.84. The lowest BCUT2D eigenvalue weighted by Gasteiger charge is -2.28. The molecule has 1 rings (SSSR count). The second kappa shape index (κ2) is 5.80. The van der Waals surface area contributed by atoms with Gasteiger partial charge >= 0.3 is 12.1 Å². The molecule has 0 bridgehead atoms. The first kappa shape index (κ1) is 18.9. The smallest absolute Gasteiger partial charge is 0.416 e. The summed E-state index contributed by atoms with van der Waals surface area (Å²) in [6, 6.07) is 1.74. The van der Waals surface area contributed by atoms with Gasteiger partial charge < -0.3 is 10.5 Å². The zero-order chi connectivity index (χ0) is 18.2. The predicted molar refractivity (Wildman–Crippen MR) is 75.5 cm³/mol. The number of nitro groups is 1. The van der Waals surface area contributed by atoms with Crippen LogP contribution in [0, 0.1) is 10.1 Å². The molecule has 0 saturated carbocycles. The monoisotopic (exact) mass is 334 g/mol. The van der Waals surface area contributed by atoms with Gasteiger partial charge in [-0.3, -0.25) is 10.1 Å². The van der Waals surface area contributed by atoms with Crippen LogP contribution in [0.15, 0.2) is 18.2 Å². The number of alkyl halides is 3. The van der Waals surface area contributed by atoms with Gasteiger partial charge in [0.25, 0.3) is 5.69 Å². The van der Waals surface area contributed by atoms with Crippen molar-refractivity contribution >= 4 is 11.7 Å². The maximum Gasteiger partial charge on any atom is 0.416 e. The van der Waals surface area contributed by atoms with E-state index < -0.39 is 45.0 Å². The molecule has 1 aromatic carbocycles. The summed E-state index contributed by atoms with van der Waals surface area (Å²) < 4.78 is 43.6. The molecule has 0 radical (unpaired) electrons. The van der Waals surface area contributed by atoms with Crippen molar-refractivity contribution in [2.45, 2.75) is 45.0 Å². The van der Waals surface area contributed by atoms with Crippen molar-refractivity contribution in [1.29, 1.82) is 0 Å². The van der Waals surface area contributed by atoms with Gasteiger partial charge in [0.2, 0.25) is 0 Å². The Bertz CT molecular complexity index is 634. The number of benzene rings is 1. The zero-order valence-electron chi connectivity index (χ0n) is 13.0. The van der Waals surface area contributed by atoms with Gasteiger partial charge in [-0.05, 0) is 39.8 Å². The van der Waals surface area contributed by atoms with E-state index in [4.69, 9.17) is 10.5 Å². The average Bonchev–Trinajstić information content (AvgIpc) is 2.34. The SMILES string of the molecule is CC(C)(C)OC(=O)[C@@](C)(N)c1cc(C(F)(F)F)ccc1[N+](=O)[O-]. The number of nitrogens with zero attached hydrogens (tertiary/aromatic N) is 1. The van der Waals surface area contributed by atoms with Crippen molar-refractivity contribution in [2.24, 2.45) is 5.73 Å². The van der Waals surface area contributed by atoms with Crippen molar-refractivity contribution in [3.8, 4) is 0 Å². The Labute approximate surface area is 130 Å². The molecule has 2 N–H and O–H groups in total. The lowest BCUT2D eigenvalue weighted by Crippen LogP contribution is -2.46. The summed E-state index contributed by atoms with van der Waals surface area (Å²) in [6.07, 6.45) is -4.73. The predicted octanol–water partition coefficient (Wildman–Crippen LogP) is 3.13. The number of ether oxygens (including phenoxy) is 1. The molecule has 0 aromatic heterocycles. The zero-order valence-corrected chi connectivity index (χ0v) is 13.0. The maximum atomic E-state index is 12.8. The van der Waals surface area contributed by atoms with Crippen LogP contribution in [0.25, 0.3) is 0 Å². The van der Waals surface area contributed by atoms with Crippen LogP contribution in [-0.2, 0) is 21.2 Å². The van der Waals surface area contributed by atoms with Crippen LogP contribution < -0.4 is 5.73 Å².